The van der Waals surface area contributed by atoms with Crippen molar-refractivity contribution in [2.24, 2.45) is 0 Å². The Bertz CT molecular complexity index is 620. The van der Waals surface area contributed by atoms with E-state index in [9.17, 15) is 0 Å². The molecule has 110 valence electrons. The first-order chi connectivity index (χ1) is 10.2. The molecular formula is C18H20ClNO. The molecule has 0 aromatic heterocycles. The molecule has 2 aromatic rings. The molecule has 1 aliphatic heterocycles. The van der Waals surface area contributed by atoms with Gasteiger partial charge in [-0.2, -0.15) is 0 Å². The lowest BCUT2D eigenvalue weighted by Gasteiger charge is -2.26. The molecule has 1 fully saturated rings. The highest BCUT2D eigenvalue weighted by Gasteiger charge is 2.11. The van der Waals surface area contributed by atoms with E-state index in [1.165, 1.54) is 22.3 Å². The van der Waals surface area contributed by atoms with Gasteiger partial charge in [0.15, 0.2) is 0 Å². The van der Waals surface area contributed by atoms with Gasteiger partial charge in [0.05, 0.1) is 13.2 Å². The van der Waals surface area contributed by atoms with E-state index in [-0.39, 0.29) is 0 Å². The van der Waals surface area contributed by atoms with Crippen LogP contribution in [0.4, 0.5) is 0 Å². The molecule has 0 bridgehead atoms. The second-order valence-corrected chi connectivity index (χ2v) is 5.98. The molecule has 0 radical (unpaired) electrons. The van der Waals surface area contributed by atoms with Crippen LogP contribution in [0.15, 0.2) is 42.5 Å². The van der Waals surface area contributed by atoms with Crippen molar-refractivity contribution < 1.29 is 4.74 Å². The molecule has 2 aromatic carbocycles. The third kappa shape index (κ3) is 3.65. The highest BCUT2D eigenvalue weighted by molar-refractivity contribution is 6.30. The molecule has 0 spiro atoms. The van der Waals surface area contributed by atoms with Gasteiger partial charge >= 0.3 is 0 Å². The maximum Gasteiger partial charge on any atom is 0.0594 e. The van der Waals surface area contributed by atoms with Gasteiger partial charge in [-0.15, -0.1) is 0 Å². The Balaban J connectivity index is 1.79. The molecular weight excluding hydrogens is 282 g/mol. The summed E-state index contributed by atoms with van der Waals surface area (Å²) >= 11 is 6.09. The molecule has 0 unspecified atom stereocenters. The molecule has 1 heterocycles. The van der Waals surface area contributed by atoms with Crippen LogP contribution in [0.25, 0.3) is 11.1 Å². The van der Waals surface area contributed by atoms with E-state index >= 15 is 0 Å². The number of aryl methyl sites for hydroxylation is 1. The fourth-order valence-electron chi connectivity index (χ4n) is 2.82. The Hall–Kier alpha value is -1.35. The Morgan fingerprint density at radius 2 is 1.90 bits per heavy atom. The largest absolute Gasteiger partial charge is 0.379 e. The maximum atomic E-state index is 6.09. The highest BCUT2D eigenvalue weighted by Crippen LogP contribution is 2.27. The lowest BCUT2D eigenvalue weighted by Crippen LogP contribution is -2.35. The zero-order valence-corrected chi connectivity index (χ0v) is 13.1. The van der Waals surface area contributed by atoms with Gasteiger partial charge in [0, 0.05) is 24.7 Å². The first kappa shape index (κ1) is 14.6. The minimum Gasteiger partial charge on any atom is -0.379 e. The highest BCUT2D eigenvalue weighted by atomic mass is 35.5. The third-order valence-electron chi connectivity index (χ3n) is 3.94. The predicted molar refractivity (Wildman–Crippen MR) is 87.7 cm³/mol. The molecule has 0 aliphatic carbocycles. The van der Waals surface area contributed by atoms with Crippen LogP contribution >= 0.6 is 11.6 Å². The Labute approximate surface area is 131 Å². The molecule has 0 saturated carbocycles. The van der Waals surface area contributed by atoms with Crippen molar-refractivity contribution in [1.82, 2.24) is 4.90 Å². The van der Waals surface area contributed by atoms with Crippen LogP contribution in [0.3, 0.4) is 0 Å². The molecule has 2 nitrogen and oxygen atoms in total. The molecule has 3 rings (SSSR count). The van der Waals surface area contributed by atoms with Gasteiger partial charge in [0.2, 0.25) is 0 Å². The number of hydrogen-bond donors (Lipinski definition) is 0. The van der Waals surface area contributed by atoms with E-state index in [0.717, 1.165) is 37.9 Å². The quantitative estimate of drug-likeness (QED) is 0.844. The van der Waals surface area contributed by atoms with E-state index in [0.29, 0.717) is 0 Å². The number of rotatable bonds is 3. The zero-order chi connectivity index (χ0) is 14.7. The summed E-state index contributed by atoms with van der Waals surface area (Å²) in [6, 6.07) is 14.7. The summed E-state index contributed by atoms with van der Waals surface area (Å²) in [6.45, 7) is 6.91. The van der Waals surface area contributed by atoms with Gasteiger partial charge in [-0.05, 0) is 41.3 Å². The van der Waals surface area contributed by atoms with Crippen molar-refractivity contribution in [3.63, 3.8) is 0 Å². The monoisotopic (exact) mass is 301 g/mol. The Morgan fingerprint density at radius 1 is 1.10 bits per heavy atom. The van der Waals surface area contributed by atoms with Gasteiger partial charge in [-0.3, -0.25) is 4.90 Å². The second kappa shape index (κ2) is 6.61. The van der Waals surface area contributed by atoms with Crippen LogP contribution in [0.5, 0.6) is 0 Å². The van der Waals surface area contributed by atoms with E-state index in [1.807, 2.05) is 18.2 Å². The van der Waals surface area contributed by atoms with Crippen molar-refractivity contribution in [2.45, 2.75) is 13.5 Å². The predicted octanol–water partition coefficient (Wildman–Crippen LogP) is 4.15. The summed E-state index contributed by atoms with van der Waals surface area (Å²) in [4.78, 5) is 2.44. The number of hydrogen-bond acceptors (Lipinski definition) is 2. The molecule has 21 heavy (non-hydrogen) atoms. The van der Waals surface area contributed by atoms with Crippen molar-refractivity contribution in [3.8, 4) is 11.1 Å². The molecule has 1 aliphatic rings. The van der Waals surface area contributed by atoms with Crippen molar-refractivity contribution in [3.05, 3.63) is 58.6 Å². The number of ether oxygens (including phenoxy) is 1. The van der Waals surface area contributed by atoms with E-state index in [2.05, 4.69) is 36.1 Å². The minimum absolute atomic E-state index is 0.782. The van der Waals surface area contributed by atoms with Crippen LogP contribution in [-0.2, 0) is 11.3 Å². The fraction of sp³-hybridized carbons (Fsp3) is 0.333. The van der Waals surface area contributed by atoms with Crippen molar-refractivity contribution >= 4 is 11.6 Å². The van der Waals surface area contributed by atoms with Gasteiger partial charge in [-0.25, -0.2) is 0 Å². The van der Waals surface area contributed by atoms with Crippen LogP contribution in [0, 0.1) is 6.92 Å². The molecule has 0 amide bonds. The molecule has 1 saturated heterocycles. The molecule has 0 N–H and O–H groups in total. The Morgan fingerprint density at radius 3 is 2.62 bits per heavy atom. The summed E-state index contributed by atoms with van der Waals surface area (Å²) in [5, 5.41) is 0.782. The summed E-state index contributed by atoms with van der Waals surface area (Å²) in [7, 11) is 0. The van der Waals surface area contributed by atoms with Crippen LogP contribution < -0.4 is 0 Å². The SMILES string of the molecule is Cc1cc(CN2CCOCC2)ccc1-c1cccc(Cl)c1. The smallest absolute Gasteiger partial charge is 0.0594 e. The van der Waals surface area contributed by atoms with Crippen LogP contribution in [0.2, 0.25) is 5.02 Å². The summed E-state index contributed by atoms with van der Waals surface area (Å²) in [6.07, 6.45) is 0. The number of halogens is 1. The third-order valence-corrected chi connectivity index (χ3v) is 4.17. The summed E-state index contributed by atoms with van der Waals surface area (Å²) in [5.74, 6) is 0. The number of nitrogens with zero attached hydrogens (tertiary/aromatic N) is 1. The van der Waals surface area contributed by atoms with Crippen molar-refractivity contribution in [2.75, 3.05) is 26.3 Å². The standard InChI is InChI=1S/C18H20ClNO/c1-14-11-15(13-20-7-9-21-10-8-20)5-6-18(14)16-3-2-4-17(19)12-16/h2-6,11-12H,7-10,13H2,1H3. The van der Waals surface area contributed by atoms with Crippen LogP contribution in [0.1, 0.15) is 11.1 Å². The van der Waals surface area contributed by atoms with E-state index in [1.54, 1.807) is 0 Å². The van der Waals surface area contributed by atoms with Gasteiger partial charge in [0.25, 0.3) is 0 Å². The minimum atomic E-state index is 0.782. The number of morpholine rings is 1. The second-order valence-electron chi connectivity index (χ2n) is 5.55. The van der Waals surface area contributed by atoms with Crippen LogP contribution in [-0.4, -0.2) is 31.2 Å². The molecule has 0 atom stereocenters. The van der Waals surface area contributed by atoms with E-state index < -0.39 is 0 Å². The molecule has 3 heteroatoms. The topological polar surface area (TPSA) is 12.5 Å². The first-order valence-electron chi connectivity index (χ1n) is 7.38. The first-order valence-corrected chi connectivity index (χ1v) is 7.76. The number of benzene rings is 2. The lowest BCUT2D eigenvalue weighted by molar-refractivity contribution is 0.0342. The average molecular weight is 302 g/mol. The summed E-state index contributed by atoms with van der Waals surface area (Å²) < 4.78 is 5.40. The van der Waals surface area contributed by atoms with Gasteiger partial charge < -0.3 is 4.74 Å². The maximum absolute atomic E-state index is 6.09. The Kier molecular flexibility index (Phi) is 4.59. The summed E-state index contributed by atoms with van der Waals surface area (Å²) in [5.41, 5.74) is 5.09. The zero-order valence-electron chi connectivity index (χ0n) is 12.3. The van der Waals surface area contributed by atoms with Gasteiger partial charge in [-0.1, -0.05) is 41.9 Å². The van der Waals surface area contributed by atoms with E-state index in [4.69, 9.17) is 16.3 Å². The van der Waals surface area contributed by atoms with Gasteiger partial charge in [0.1, 0.15) is 0 Å². The lowest BCUT2D eigenvalue weighted by atomic mass is 9.98. The fourth-order valence-corrected chi connectivity index (χ4v) is 3.01. The normalized spacial score (nSPS) is 16.1. The van der Waals surface area contributed by atoms with Crippen molar-refractivity contribution in [1.29, 1.82) is 0 Å². The average Bonchev–Trinajstić information content (AvgIpc) is 2.48.